The molecule has 0 spiro atoms. The van der Waals surface area contributed by atoms with E-state index in [1.54, 1.807) is 0 Å². The van der Waals surface area contributed by atoms with Crippen LogP contribution < -0.4 is 0 Å². The fourth-order valence-electron chi connectivity index (χ4n) is 0.474. The minimum atomic E-state index is 0. The number of rotatable bonds is 6. The molecular weight excluding hydrogens is 280 g/mol. The number of unbranched alkanes of at least 4 members (excludes halogenated alkanes) is 3. The van der Waals surface area contributed by atoms with Gasteiger partial charge in [-0.15, -0.1) is 0 Å². The Balaban J connectivity index is -0.0000000458. The quantitative estimate of drug-likeness (QED) is 0.449. The molecule has 5 heteroatoms. The van der Waals surface area contributed by atoms with Crippen molar-refractivity contribution in [2.45, 2.75) is 59.3 Å². The molecule has 0 bridgehead atoms. The van der Waals surface area contributed by atoms with E-state index in [0.717, 1.165) is 44.8 Å². The summed E-state index contributed by atoms with van der Waals surface area (Å²) in [5, 5.41) is 31.5. The van der Waals surface area contributed by atoms with Gasteiger partial charge in [0, 0.05) is 41.5 Å². The maximum Gasteiger partial charge on any atom is 0.0719 e. The molecule has 0 aromatic rings. The minimum absolute atomic E-state index is 0. The summed E-state index contributed by atoms with van der Waals surface area (Å²) in [5.41, 5.74) is 0. The molecule has 0 radical (unpaired) electrons. The Morgan fingerprint density at radius 1 is 0.737 bits per heavy atom. The van der Waals surface area contributed by atoms with Gasteiger partial charge in [-0.2, -0.15) is 0 Å². The molecule has 0 saturated carbocycles. The van der Waals surface area contributed by atoms with Gasteiger partial charge in [0.25, 0.3) is 0 Å². The average Bonchev–Trinajstić information content (AvgIpc) is 2.35. The van der Waals surface area contributed by atoms with E-state index in [-0.39, 0.29) is 21.7 Å². The summed E-state index contributed by atoms with van der Waals surface area (Å²) in [4.78, 5) is 0. The molecule has 4 N–H and O–H groups in total. The number of aliphatic hydroxyl groups excluding tert-OH is 4. The molecule has 0 fully saturated rings. The molecule has 19 heavy (non-hydrogen) atoms. The van der Waals surface area contributed by atoms with Crippen molar-refractivity contribution in [2.75, 3.05) is 19.8 Å². The van der Waals surface area contributed by atoms with E-state index < -0.39 is 0 Å². The molecule has 0 amide bonds. The van der Waals surface area contributed by atoms with Gasteiger partial charge in [-0.25, -0.2) is 0 Å². The Morgan fingerprint density at radius 3 is 0.895 bits per heavy atom. The molecule has 0 aliphatic heterocycles. The third-order valence-electron chi connectivity index (χ3n) is 1.54. The summed E-state index contributed by atoms with van der Waals surface area (Å²) in [6.45, 7) is 10.1. The van der Waals surface area contributed by atoms with Crippen LogP contribution in [0.3, 0.4) is 0 Å². The van der Waals surface area contributed by atoms with Gasteiger partial charge < -0.3 is 20.4 Å². The average molecular weight is 314 g/mol. The van der Waals surface area contributed by atoms with Crippen LogP contribution in [0.1, 0.15) is 59.3 Å². The molecule has 0 aliphatic rings. The molecular formula is C14H34O4Ti. The minimum Gasteiger partial charge on any atom is -0.516 e. The Labute approximate surface area is 134 Å². The van der Waals surface area contributed by atoms with Crippen LogP contribution in [-0.2, 0) is 21.7 Å². The summed E-state index contributed by atoms with van der Waals surface area (Å²) in [7, 11) is 0. The topological polar surface area (TPSA) is 80.9 Å². The summed E-state index contributed by atoms with van der Waals surface area (Å²) in [6.07, 6.45) is 6.86. The van der Waals surface area contributed by atoms with Gasteiger partial charge in [0.1, 0.15) is 0 Å². The second-order valence-electron chi connectivity index (χ2n) is 3.41. The van der Waals surface area contributed by atoms with Gasteiger partial charge in [0.2, 0.25) is 0 Å². The van der Waals surface area contributed by atoms with Crippen molar-refractivity contribution in [3.63, 3.8) is 0 Å². The maximum atomic E-state index is 8.07. The van der Waals surface area contributed by atoms with E-state index in [1.807, 2.05) is 0 Å². The van der Waals surface area contributed by atoms with Crippen molar-refractivity contribution in [1.82, 2.24) is 0 Å². The van der Waals surface area contributed by atoms with Crippen LogP contribution in [0.25, 0.3) is 0 Å². The Hall–Kier alpha value is 0.134. The molecule has 4 nitrogen and oxygen atoms in total. The summed E-state index contributed by atoms with van der Waals surface area (Å²) in [6, 6.07) is 0. The van der Waals surface area contributed by atoms with Gasteiger partial charge in [0.15, 0.2) is 0 Å². The van der Waals surface area contributed by atoms with Crippen molar-refractivity contribution >= 4 is 0 Å². The molecule has 118 valence electrons. The molecule has 0 aromatic carbocycles. The Kier molecular flexibility index (Phi) is 85.9. The molecule has 0 atom stereocenters. The molecule has 0 heterocycles. The van der Waals surface area contributed by atoms with Crippen LogP contribution in [0.5, 0.6) is 0 Å². The zero-order valence-corrected chi connectivity index (χ0v) is 14.5. The van der Waals surface area contributed by atoms with E-state index in [1.165, 1.54) is 0 Å². The van der Waals surface area contributed by atoms with Crippen molar-refractivity contribution in [3.05, 3.63) is 12.8 Å². The first-order chi connectivity index (χ1) is 8.66. The monoisotopic (exact) mass is 314 g/mol. The first kappa shape index (κ1) is 31.5. The molecule has 0 aliphatic carbocycles. The smallest absolute Gasteiger partial charge is 0.0719 e. The Bertz CT molecular complexity index is 83.2. The van der Waals surface area contributed by atoms with Crippen molar-refractivity contribution in [3.8, 4) is 0 Å². The molecule has 0 aromatic heterocycles. The van der Waals surface area contributed by atoms with E-state index >= 15 is 0 Å². The van der Waals surface area contributed by atoms with Crippen molar-refractivity contribution in [1.29, 1.82) is 0 Å². The van der Waals surface area contributed by atoms with Gasteiger partial charge in [0.05, 0.1) is 6.26 Å². The van der Waals surface area contributed by atoms with Gasteiger partial charge in [-0.1, -0.05) is 46.6 Å². The van der Waals surface area contributed by atoms with Gasteiger partial charge in [-0.05, 0) is 19.3 Å². The van der Waals surface area contributed by atoms with Crippen LogP contribution in [0.2, 0.25) is 0 Å². The molecule has 0 saturated heterocycles. The van der Waals surface area contributed by atoms with Crippen molar-refractivity contribution < 1.29 is 42.1 Å². The second-order valence-corrected chi connectivity index (χ2v) is 3.41. The summed E-state index contributed by atoms with van der Waals surface area (Å²) < 4.78 is 0. The van der Waals surface area contributed by atoms with Gasteiger partial charge in [-0.3, -0.25) is 0 Å². The number of hydrogen-bond acceptors (Lipinski definition) is 4. The van der Waals surface area contributed by atoms with Crippen molar-refractivity contribution in [2.24, 2.45) is 0 Å². The zero-order valence-electron chi connectivity index (χ0n) is 12.9. The van der Waals surface area contributed by atoms with E-state index in [0.29, 0.717) is 19.8 Å². The second kappa shape index (κ2) is 51.8. The molecule has 0 rings (SSSR count). The van der Waals surface area contributed by atoms with Crippen LogP contribution >= 0.6 is 0 Å². The number of hydrogen-bond donors (Lipinski definition) is 4. The first-order valence-corrected chi connectivity index (χ1v) is 6.74. The zero-order chi connectivity index (χ0) is 15.1. The van der Waals surface area contributed by atoms with Crippen LogP contribution in [0, 0.1) is 0 Å². The van der Waals surface area contributed by atoms with Gasteiger partial charge >= 0.3 is 0 Å². The molecule has 0 unspecified atom stereocenters. The van der Waals surface area contributed by atoms with Crippen LogP contribution in [-0.4, -0.2) is 40.2 Å². The number of aliphatic hydroxyl groups is 4. The summed E-state index contributed by atoms with van der Waals surface area (Å²) >= 11 is 0. The van der Waals surface area contributed by atoms with E-state index in [4.69, 9.17) is 20.4 Å². The predicted molar refractivity (Wildman–Crippen MR) is 78.8 cm³/mol. The van der Waals surface area contributed by atoms with Crippen LogP contribution in [0.4, 0.5) is 0 Å². The predicted octanol–water partition coefficient (Wildman–Crippen LogP) is 3.02. The third-order valence-corrected chi connectivity index (χ3v) is 1.54. The standard InChI is InChI=1S/3C4H10O.C2H4O.Ti/c3*1-2-3-4-5;1-2-3;/h3*5H,2-4H2,1H3;2-3H,1H2;. The summed E-state index contributed by atoms with van der Waals surface area (Å²) in [5.74, 6) is 0. The third kappa shape index (κ3) is 125. The largest absolute Gasteiger partial charge is 0.516 e. The van der Waals surface area contributed by atoms with E-state index in [9.17, 15) is 0 Å². The Morgan fingerprint density at radius 2 is 0.895 bits per heavy atom. The van der Waals surface area contributed by atoms with E-state index in [2.05, 4.69) is 27.4 Å². The van der Waals surface area contributed by atoms with Crippen LogP contribution in [0.15, 0.2) is 12.8 Å². The SMILES string of the molecule is C=CO.CCCCO.CCCCO.CCCCO.[Ti]. The maximum absolute atomic E-state index is 8.07. The first-order valence-electron chi connectivity index (χ1n) is 6.74. The normalized spacial score (nSPS) is 7.26. The fraction of sp³-hybridized carbons (Fsp3) is 0.857. The fourth-order valence-corrected chi connectivity index (χ4v) is 0.474.